The van der Waals surface area contributed by atoms with E-state index in [0.29, 0.717) is 6.42 Å². The van der Waals surface area contributed by atoms with Crippen LogP contribution in [0.2, 0.25) is 0 Å². The SMILES string of the molecule is COc1ccc(CCC[C@H](CC(=O)OC(C)(C)C)C(=O)N[C@H](CO)C(C)(C)C)cc1. The van der Waals surface area contributed by atoms with E-state index in [4.69, 9.17) is 9.47 Å². The predicted molar refractivity (Wildman–Crippen MR) is 118 cm³/mol. The van der Waals surface area contributed by atoms with E-state index in [2.05, 4.69) is 5.32 Å². The van der Waals surface area contributed by atoms with E-state index in [1.54, 1.807) is 7.11 Å². The van der Waals surface area contributed by atoms with Gasteiger partial charge in [-0.25, -0.2) is 0 Å². The number of aliphatic hydroxyl groups excluding tert-OH is 1. The Morgan fingerprint density at radius 2 is 1.67 bits per heavy atom. The molecule has 6 nitrogen and oxygen atoms in total. The molecular formula is C24H39NO5. The number of aliphatic hydroxyl groups is 1. The summed E-state index contributed by atoms with van der Waals surface area (Å²) in [4.78, 5) is 25.3. The fraction of sp³-hybridized carbons (Fsp3) is 0.667. The van der Waals surface area contributed by atoms with E-state index in [0.717, 1.165) is 24.2 Å². The summed E-state index contributed by atoms with van der Waals surface area (Å²) in [5, 5.41) is 12.6. The Bertz CT molecular complexity index is 670. The minimum Gasteiger partial charge on any atom is -0.497 e. The average Bonchev–Trinajstić information content (AvgIpc) is 2.63. The molecule has 0 spiro atoms. The van der Waals surface area contributed by atoms with E-state index in [1.165, 1.54) is 0 Å². The Balaban J connectivity index is 2.79. The number of rotatable bonds is 10. The molecule has 0 unspecified atom stereocenters. The first-order chi connectivity index (χ1) is 13.9. The highest BCUT2D eigenvalue weighted by Crippen LogP contribution is 2.22. The minimum absolute atomic E-state index is 0.0218. The van der Waals surface area contributed by atoms with Crippen molar-refractivity contribution < 1.29 is 24.2 Å². The number of amides is 1. The summed E-state index contributed by atoms with van der Waals surface area (Å²) in [7, 11) is 1.63. The summed E-state index contributed by atoms with van der Waals surface area (Å²) >= 11 is 0. The minimum atomic E-state index is -0.597. The van der Waals surface area contributed by atoms with E-state index >= 15 is 0 Å². The fourth-order valence-electron chi connectivity index (χ4n) is 3.08. The molecule has 0 fully saturated rings. The summed E-state index contributed by atoms with van der Waals surface area (Å²) in [6.45, 7) is 11.2. The van der Waals surface area contributed by atoms with Crippen LogP contribution < -0.4 is 10.1 Å². The molecule has 0 bridgehead atoms. The highest BCUT2D eigenvalue weighted by molar-refractivity contribution is 5.84. The summed E-state index contributed by atoms with van der Waals surface area (Å²) in [5.41, 5.74) is 0.264. The van der Waals surface area contributed by atoms with Gasteiger partial charge in [0.25, 0.3) is 0 Å². The lowest BCUT2D eigenvalue weighted by Crippen LogP contribution is -2.48. The lowest BCUT2D eigenvalue weighted by Gasteiger charge is -2.31. The predicted octanol–water partition coefficient (Wildman–Crippen LogP) is 3.89. The van der Waals surface area contributed by atoms with Gasteiger partial charge in [0.1, 0.15) is 11.4 Å². The van der Waals surface area contributed by atoms with E-state index < -0.39 is 11.5 Å². The van der Waals surface area contributed by atoms with Crippen molar-refractivity contribution in [3.05, 3.63) is 29.8 Å². The number of aryl methyl sites for hydroxylation is 1. The molecule has 1 aromatic rings. The molecule has 170 valence electrons. The molecule has 0 aromatic heterocycles. The standard InChI is InChI=1S/C24H39NO5/c1-23(2,3)20(16-26)25-22(28)18(15-21(27)30-24(4,5)6)10-8-9-17-11-13-19(29-7)14-12-17/h11-14,18,20,26H,8-10,15-16H2,1-7H3,(H,25,28)/t18-,20-/m1/s1. The van der Waals surface area contributed by atoms with Crippen molar-refractivity contribution in [3.8, 4) is 5.75 Å². The van der Waals surface area contributed by atoms with Gasteiger partial charge >= 0.3 is 5.97 Å². The average molecular weight is 422 g/mol. The van der Waals surface area contributed by atoms with Crippen molar-refractivity contribution in [2.24, 2.45) is 11.3 Å². The van der Waals surface area contributed by atoms with Crippen molar-refractivity contribution in [2.75, 3.05) is 13.7 Å². The van der Waals surface area contributed by atoms with Gasteiger partial charge in [0.05, 0.1) is 26.2 Å². The molecule has 0 radical (unpaired) electrons. The second kappa shape index (κ2) is 11.3. The van der Waals surface area contributed by atoms with Crippen LogP contribution >= 0.6 is 0 Å². The topological polar surface area (TPSA) is 84.9 Å². The maximum absolute atomic E-state index is 12.9. The van der Waals surface area contributed by atoms with Crippen molar-refractivity contribution >= 4 is 11.9 Å². The number of carbonyl (C=O) groups is 2. The second-order valence-electron chi connectivity index (χ2n) is 9.84. The van der Waals surface area contributed by atoms with E-state index in [9.17, 15) is 14.7 Å². The molecule has 30 heavy (non-hydrogen) atoms. The molecule has 0 aliphatic carbocycles. The number of hydrogen-bond acceptors (Lipinski definition) is 5. The number of benzene rings is 1. The van der Waals surface area contributed by atoms with Crippen molar-refractivity contribution in [1.82, 2.24) is 5.32 Å². The normalized spacial score (nSPS) is 14.0. The summed E-state index contributed by atoms with van der Waals surface area (Å²) in [6, 6.07) is 7.45. The highest BCUT2D eigenvalue weighted by Gasteiger charge is 2.30. The third-order valence-electron chi connectivity index (χ3n) is 4.93. The number of nitrogens with one attached hydrogen (secondary N) is 1. The van der Waals surface area contributed by atoms with Crippen LogP contribution in [-0.4, -0.2) is 42.3 Å². The molecule has 2 N–H and O–H groups in total. The van der Waals surface area contributed by atoms with Crippen LogP contribution in [0.15, 0.2) is 24.3 Å². The first-order valence-electron chi connectivity index (χ1n) is 10.6. The van der Waals surface area contributed by atoms with Crippen LogP contribution in [0, 0.1) is 11.3 Å². The summed E-state index contributed by atoms with van der Waals surface area (Å²) < 4.78 is 10.6. The molecule has 0 saturated heterocycles. The highest BCUT2D eigenvalue weighted by atomic mass is 16.6. The first kappa shape index (κ1) is 26.0. The van der Waals surface area contributed by atoms with Crippen molar-refractivity contribution in [2.45, 2.75) is 78.9 Å². The monoisotopic (exact) mass is 421 g/mol. The third kappa shape index (κ3) is 9.61. The largest absolute Gasteiger partial charge is 0.497 e. The molecule has 0 aliphatic heterocycles. The molecule has 1 aromatic carbocycles. The molecule has 0 aliphatic rings. The van der Waals surface area contributed by atoms with Gasteiger partial charge in [-0.1, -0.05) is 32.9 Å². The summed E-state index contributed by atoms with van der Waals surface area (Å²) in [5.74, 6) is -0.305. The van der Waals surface area contributed by atoms with Crippen LogP contribution in [0.4, 0.5) is 0 Å². The molecular weight excluding hydrogens is 382 g/mol. The van der Waals surface area contributed by atoms with E-state index in [1.807, 2.05) is 65.8 Å². The Morgan fingerprint density at radius 1 is 1.07 bits per heavy atom. The zero-order valence-corrected chi connectivity index (χ0v) is 19.6. The fourth-order valence-corrected chi connectivity index (χ4v) is 3.08. The van der Waals surface area contributed by atoms with Crippen molar-refractivity contribution in [1.29, 1.82) is 0 Å². The Labute approximate surface area is 181 Å². The van der Waals surface area contributed by atoms with Gasteiger partial charge < -0.3 is 19.9 Å². The Kier molecular flexibility index (Phi) is 9.82. The zero-order valence-electron chi connectivity index (χ0n) is 19.6. The van der Waals surface area contributed by atoms with Gasteiger partial charge in [-0.3, -0.25) is 9.59 Å². The van der Waals surface area contributed by atoms with E-state index in [-0.39, 0.29) is 36.4 Å². The lowest BCUT2D eigenvalue weighted by molar-refractivity contribution is -0.157. The van der Waals surface area contributed by atoms with Crippen LogP contribution in [0.25, 0.3) is 0 Å². The number of ether oxygens (including phenoxy) is 2. The van der Waals surface area contributed by atoms with Crippen LogP contribution in [-0.2, 0) is 20.7 Å². The van der Waals surface area contributed by atoms with Gasteiger partial charge in [-0.2, -0.15) is 0 Å². The smallest absolute Gasteiger partial charge is 0.307 e. The van der Waals surface area contributed by atoms with Gasteiger partial charge in [0, 0.05) is 5.92 Å². The maximum atomic E-state index is 12.9. The first-order valence-corrected chi connectivity index (χ1v) is 10.6. The van der Waals surface area contributed by atoms with Gasteiger partial charge in [0.15, 0.2) is 0 Å². The van der Waals surface area contributed by atoms with Crippen molar-refractivity contribution in [3.63, 3.8) is 0 Å². The zero-order chi connectivity index (χ0) is 22.9. The quantitative estimate of drug-likeness (QED) is 0.560. The molecule has 1 rings (SSSR count). The Morgan fingerprint density at radius 3 is 2.13 bits per heavy atom. The van der Waals surface area contributed by atoms with Gasteiger partial charge in [-0.15, -0.1) is 0 Å². The number of hydrogen-bond donors (Lipinski definition) is 2. The third-order valence-corrected chi connectivity index (χ3v) is 4.93. The number of carbonyl (C=O) groups excluding carboxylic acids is 2. The van der Waals surface area contributed by atoms with Crippen LogP contribution in [0.1, 0.15) is 66.4 Å². The summed E-state index contributed by atoms with van der Waals surface area (Å²) in [6.07, 6.45) is 2.13. The molecule has 2 atom stereocenters. The van der Waals surface area contributed by atoms with Gasteiger partial charge in [-0.05, 0) is 63.1 Å². The maximum Gasteiger partial charge on any atom is 0.307 e. The molecule has 0 heterocycles. The Hall–Kier alpha value is -2.08. The lowest BCUT2D eigenvalue weighted by atomic mass is 9.86. The number of methoxy groups -OCH3 is 1. The van der Waals surface area contributed by atoms with Gasteiger partial charge in [0.2, 0.25) is 5.91 Å². The van der Waals surface area contributed by atoms with Crippen LogP contribution in [0.3, 0.4) is 0 Å². The second-order valence-corrected chi connectivity index (χ2v) is 9.84. The molecule has 1 amide bonds. The van der Waals surface area contributed by atoms with Crippen LogP contribution in [0.5, 0.6) is 5.75 Å². The number of esters is 1. The molecule has 6 heteroatoms. The molecule has 0 saturated carbocycles.